The number of methoxy groups -OCH3 is 1. The van der Waals surface area contributed by atoms with Gasteiger partial charge in [-0.2, -0.15) is 0 Å². The highest BCUT2D eigenvalue weighted by Crippen LogP contribution is 2.28. The second-order valence-electron chi connectivity index (χ2n) is 6.91. The Morgan fingerprint density at radius 1 is 1.21 bits per heavy atom. The molecule has 1 atom stereocenters. The molecule has 0 fully saturated rings. The molecule has 1 aliphatic rings. The summed E-state index contributed by atoms with van der Waals surface area (Å²) in [5.74, 6) is 1.16. The van der Waals surface area contributed by atoms with Crippen LogP contribution in [0.25, 0.3) is 0 Å². The lowest BCUT2D eigenvalue weighted by Crippen LogP contribution is -2.42. The van der Waals surface area contributed by atoms with Gasteiger partial charge in [0.05, 0.1) is 25.3 Å². The molecule has 3 aromatic rings. The molecule has 0 bridgehead atoms. The Hall–Kier alpha value is -3.22. The molecule has 144 valence electrons. The van der Waals surface area contributed by atoms with Gasteiger partial charge in [0.25, 0.3) is 5.91 Å². The number of aromatic nitrogens is 3. The summed E-state index contributed by atoms with van der Waals surface area (Å²) in [5, 5.41) is 8.44. The molecule has 1 aliphatic heterocycles. The molecule has 1 amide bonds. The maximum absolute atomic E-state index is 13.8. The summed E-state index contributed by atoms with van der Waals surface area (Å²) in [7, 11) is 1.47. The molecule has 28 heavy (non-hydrogen) atoms. The number of carbonyl (C=O) groups excluding carboxylic acids is 1. The Labute approximate surface area is 162 Å². The van der Waals surface area contributed by atoms with E-state index in [-0.39, 0.29) is 17.5 Å². The number of hydrogen-bond donors (Lipinski definition) is 0. The molecule has 0 saturated carbocycles. The quantitative estimate of drug-likeness (QED) is 0.698. The van der Waals surface area contributed by atoms with E-state index in [4.69, 9.17) is 4.74 Å². The minimum Gasteiger partial charge on any atom is -0.496 e. The topological polar surface area (TPSA) is 60.2 Å². The van der Waals surface area contributed by atoms with Gasteiger partial charge < -0.3 is 14.2 Å². The molecule has 0 radical (unpaired) electrons. The number of ether oxygens (including phenoxy) is 1. The van der Waals surface area contributed by atoms with Crippen molar-refractivity contribution in [3.05, 3.63) is 77.1 Å². The van der Waals surface area contributed by atoms with Crippen LogP contribution >= 0.6 is 0 Å². The Kier molecular flexibility index (Phi) is 4.81. The van der Waals surface area contributed by atoms with Crippen LogP contribution in [-0.4, -0.2) is 39.2 Å². The van der Waals surface area contributed by atoms with Crippen molar-refractivity contribution in [1.82, 2.24) is 19.7 Å². The first-order valence-corrected chi connectivity index (χ1v) is 9.14. The van der Waals surface area contributed by atoms with Crippen LogP contribution in [0.15, 0.2) is 48.5 Å². The van der Waals surface area contributed by atoms with Crippen molar-refractivity contribution in [2.24, 2.45) is 0 Å². The van der Waals surface area contributed by atoms with Crippen LogP contribution in [0.2, 0.25) is 0 Å². The maximum atomic E-state index is 13.8. The van der Waals surface area contributed by atoms with Gasteiger partial charge in [-0.15, -0.1) is 10.2 Å². The predicted molar refractivity (Wildman–Crippen MR) is 102 cm³/mol. The smallest absolute Gasteiger partial charge is 0.258 e. The molecule has 0 spiro atoms. The van der Waals surface area contributed by atoms with Gasteiger partial charge in [-0.05, 0) is 37.1 Å². The molecule has 6 nitrogen and oxygen atoms in total. The van der Waals surface area contributed by atoms with Gasteiger partial charge in [0.15, 0.2) is 5.82 Å². The lowest BCUT2D eigenvalue weighted by atomic mass is 10.0. The Balaban J connectivity index is 1.67. The third-order valence-corrected chi connectivity index (χ3v) is 5.06. The molecule has 0 saturated heterocycles. The summed E-state index contributed by atoms with van der Waals surface area (Å²) < 4.78 is 21.1. The summed E-state index contributed by atoms with van der Waals surface area (Å²) in [5.41, 5.74) is 1.38. The van der Waals surface area contributed by atoms with Crippen LogP contribution < -0.4 is 4.74 Å². The average molecular weight is 380 g/mol. The highest BCUT2D eigenvalue weighted by atomic mass is 19.1. The minimum atomic E-state index is -0.471. The zero-order valence-electron chi connectivity index (χ0n) is 15.8. The molecule has 7 heteroatoms. The van der Waals surface area contributed by atoms with Crippen molar-refractivity contribution >= 4 is 5.91 Å². The van der Waals surface area contributed by atoms with Crippen molar-refractivity contribution in [2.45, 2.75) is 25.9 Å². The van der Waals surface area contributed by atoms with Crippen LogP contribution in [0.3, 0.4) is 0 Å². The van der Waals surface area contributed by atoms with E-state index in [0.29, 0.717) is 18.8 Å². The fourth-order valence-electron chi connectivity index (χ4n) is 3.78. The normalized spacial score (nSPS) is 16.0. The van der Waals surface area contributed by atoms with E-state index in [1.807, 2.05) is 25.1 Å². The van der Waals surface area contributed by atoms with Crippen molar-refractivity contribution in [3.8, 4) is 5.75 Å². The van der Waals surface area contributed by atoms with E-state index in [2.05, 4.69) is 26.9 Å². The summed E-state index contributed by atoms with van der Waals surface area (Å²) in [6.45, 7) is 2.73. The largest absolute Gasteiger partial charge is 0.496 e. The molecule has 2 aromatic carbocycles. The lowest BCUT2D eigenvalue weighted by Gasteiger charge is -2.34. The third-order valence-electron chi connectivity index (χ3n) is 5.06. The molecule has 4 rings (SSSR count). The zero-order valence-corrected chi connectivity index (χ0v) is 15.8. The van der Waals surface area contributed by atoms with Crippen molar-refractivity contribution in [3.63, 3.8) is 0 Å². The monoisotopic (exact) mass is 380 g/mol. The summed E-state index contributed by atoms with van der Waals surface area (Å²) >= 11 is 0. The Bertz CT molecular complexity index is 1000. The molecular weight excluding hydrogens is 359 g/mol. The van der Waals surface area contributed by atoms with Crippen molar-refractivity contribution in [1.29, 1.82) is 0 Å². The van der Waals surface area contributed by atoms with Crippen LogP contribution in [0, 0.1) is 12.7 Å². The number of benzene rings is 2. The maximum Gasteiger partial charge on any atom is 0.258 e. The van der Waals surface area contributed by atoms with E-state index in [1.165, 1.54) is 30.9 Å². The number of hydrogen-bond acceptors (Lipinski definition) is 4. The Morgan fingerprint density at radius 3 is 2.75 bits per heavy atom. The number of amides is 1. The van der Waals surface area contributed by atoms with E-state index in [1.54, 1.807) is 4.90 Å². The van der Waals surface area contributed by atoms with Gasteiger partial charge in [0.1, 0.15) is 17.4 Å². The van der Waals surface area contributed by atoms with Crippen LogP contribution in [0.5, 0.6) is 5.75 Å². The molecular formula is C21H21FN4O2. The third kappa shape index (κ3) is 3.35. The lowest BCUT2D eigenvalue weighted by molar-refractivity contribution is 0.0668. The second kappa shape index (κ2) is 7.42. The summed E-state index contributed by atoms with van der Waals surface area (Å²) in [6, 6.07) is 14.1. The van der Waals surface area contributed by atoms with E-state index < -0.39 is 5.82 Å². The zero-order chi connectivity index (χ0) is 19.7. The van der Waals surface area contributed by atoms with Gasteiger partial charge in [0.2, 0.25) is 0 Å². The SMILES string of the molecule is COc1ccc(F)cc1C(=O)N1Cc2nnc(C)n2[C@H](Cc2ccccc2)C1. The summed E-state index contributed by atoms with van der Waals surface area (Å²) in [4.78, 5) is 14.9. The molecule has 0 unspecified atom stereocenters. The Morgan fingerprint density at radius 2 is 2.00 bits per heavy atom. The molecule has 0 N–H and O–H groups in total. The first-order valence-electron chi connectivity index (χ1n) is 9.14. The highest BCUT2D eigenvalue weighted by Gasteiger charge is 2.32. The highest BCUT2D eigenvalue weighted by molar-refractivity contribution is 5.97. The van der Waals surface area contributed by atoms with Crippen molar-refractivity contribution in [2.75, 3.05) is 13.7 Å². The fourth-order valence-corrected chi connectivity index (χ4v) is 3.78. The van der Waals surface area contributed by atoms with E-state index in [9.17, 15) is 9.18 Å². The first kappa shape index (κ1) is 18.2. The van der Waals surface area contributed by atoms with Gasteiger partial charge in [-0.1, -0.05) is 30.3 Å². The predicted octanol–water partition coefficient (Wildman–Crippen LogP) is 3.17. The number of fused-ring (bicyclic) bond motifs is 1. The number of nitrogens with zero attached hydrogens (tertiary/aromatic N) is 4. The fraction of sp³-hybridized carbons (Fsp3) is 0.286. The van der Waals surface area contributed by atoms with Crippen LogP contribution in [-0.2, 0) is 13.0 Å². The number of rotatable bonds is 4. The second-order valence-corrected chi connectivity index (χ2v) is 6.91. The first-order chi connectivity index (χ1) is 13.6. The van der Waals surface area contributed by atoms with Crippen LogP contribution in [0.1, 0.15) is 33.6 Å². The number of aryl methyl sites for hydroxylation is 1. The number of halogens is 1. The molecule has 2 heterocycles. The van der Waals surface area contributed by atoms with E-state index in [0.717, 1.165) is 18.1 Å². The summed E-state index contributed by atoms with van der Waals surface area (Å²) in [6.07, 6.45) is 0.747. The van der Waals surface area contributed by atoms with Gasteiger partial charge in [0, 0.05) is 6.54 Å². The molecule has 1 aromatic heterocycles. The minimum absolute atomic E-state index is 0.00431. The standard InChI is InChI=1S/C21H21FN4O2/c1-14-23-24-20-13-25(21(27)18-11-16(22)8-9-19(18)28-2)12-17(26(14)20)10-15-6-4-3-5-7-15/h3-9,11,17H,10,12-13H2,1-2H3/t17-/m1/s1. The van der Waals surface area contributed by atoms with Gasteiger partial charge in [-0.3, -0.25) is 4.79 Å². The van der Waals surface area contributed by atoms with E-state index >= 15 is 0 Å². The number of carbonyl (C=O) groups is 1. The molecule has 0 aliphatic carbocycles. The average Bonchev–Trinajstić information content (AvgIpc) is 3.09. The van der Waals surface area contributed by atoms with Gasteiger partial charge in [-0.25, -0.2) is 4.39 Å². The van der Waals surface area contributed by atoms with Gasteiger partial charge >= 0.3 is 0 Å². The van der Waals surface area contributed by atoms with Crippen molar-refractivity contribution < 1.29 is 13.9 Å². The van der Waals surface area contributed by atoms with Crippen LogP contribution in [0.4, 0.5) is 4.39 Å².